The summed E-state index contributed by atoms with van der Waals surface area (Å²) < 4.78 is 0. The van der Waals surface area contributed by atoms with Crippen molar-refractivity contribution in [1.29, 1.82) is 0 Å². The van der Waals surface area contributed by atoms with E-state index in [2.05, 4.69) is 16.1 Å². The number of amides is 2. The van der Waals surface area contributed by atoms with Crippen molar-refractivity contribution in [3.8, 4) is 0 Å². The van der Waals surface area contributed by atoms with Gasteiger partial charge in [-0.2, -0.15) is 0 Å². The second-order valence-corrected chi connectivity index (χ2v) is 0.528. The van der Waals surface area contributed by atoms with E-state index in [4.69, 9.17) is 5.21 Å². The second-order valence-electron chi connectivity index (χ2n) is 0.528. The maximum Gasteiger partial charge on any atom is 0.359 e. The van der Waals surface area contributed by atoms with E-state index in [1.54, 1.807) is 0 Å². The van der Waals surface area contributed by atoms with Crippen LogP contribution >= 0.6 is 0 Å². The molecule has 5 heteroatoms. The minimum absolute atomic E-state index is 1.00. The molecular formula is CH3N3O2. The highest BCUT2D eigenvalue weighted by atomic mass is 16.5. The van der Waals surface area contributed by atoms with Crippen molar-refractivity contribution in [3.63, 3.8) is 0 Å². The smallest absolute Gasteiger partial charge is 0.359 e. The summed E-state index contributed by atoms with van der Waals surface area (Å²) in [5.41, 5.74) is 4.34. The Hall–Kier alpha value is -1.13. The van der Waals surface area contributed by atoms with E-state index < -0.39 is 6.03 Å². The summed E-state index contributed by atoms with van der Waals surface area (Å²) in [6, 6.07) is -1.00. The third kappa shape index (κ3) is 2.87. The first kappa shape index (κ1) is 4.87. The molecular weight excluding hydrogens is 86.0 g/mol. The van der Waals surface area contributed by atoms with Crippen LogP contribution in [0.4, 0.5) is 4.79 Å². The van der Waals surface area contributed by atoms with Gasteiger partial charge in [0.15, 0.2) is 0 Å². The Bertz CT molecular complexity index is 76.9. The molecule has 0 saturated carbocycles. The average molecular weight is 89.1 g/mol. The summed E-state index contributed by atoms with van der Waals surface area (Å²) >= 11 is 0. The maximum absolute atomic E-state index is 9.40. The summed E-state index contributed by atoms with van der Waals surface area (Å²) in [7, 11) is 0. The molecule has 0 fully saturated rings. The number of nitrogens with zero attached hydrogens (tertiary/aromatic N) is 2. The SMILES string of the molecule is NC(=O)N=NO. The Kier molecular flexibility index (Phi) is 1.73. The minimum Gasteiger partial charge on any atom is -0.394 e. The fourth-order valence-corrected chi connectivity index (χ4v) is 0.0441. The van der Waals surface area contributed by atoms with Gasteiger partial charge < -0.3 is 10.9 Å². The fraction of sp³-hybridized carbons (Fsp3) is 0. The predicted molar refractivity (Wildman–Crippen MR) is 16.2 cm³/mol. The normalized spacial score (nSPS) is 9.33. The van der Waals surface area contributed by atoms with Crippen LogP contribution in [0.5, 0.6) is 0 Å². The van der Waals surface area contributed by atoms with Gasteiger partial charge in [0, 0.05) is 5.28 Å². The largest absolute Gasteiger partial charge is 0.394 e. The van der Waals surface area contributed by atoms with Crippen LogP contribution in [0.15, 0.2) is 10.4 Å². The van der Waals surface area contributed by atoms with Crippen molar-refractivity contribution in [1.82, 2.24) is 0 Å². The number of carbonyl (C=O) groups excluding carboxylic acids is 1. The fourth-order valence-electron chi connectivity index (χ4n) is 0.0441. The number of primary amides is 1. The van der Waals surface area contributed by atoms with Crippen molar-refractivity contribution in [2.75, 3.05) is 0 Å². The zero-order valence-electron chi connectivity index (χ0n) is 2.83. The Balaban J connectivity index is 3.30. The van der Waals surface area contributed by atoms with Gasteiger partial charge >= 0.3 is 6.03 Å². The standard InChI is InChI=1S/CH3N3O2/c2-1(5)3-4-6/h(H3,2,3,5,6). The van der Waals surface area contributed by atoms with E-state index >= 15 is 0 Å². The number of hydrogen-bond donors (Lipinski definition) is 2. The number of urea groups is 1. The van der Waals surface area contributed by atoms with Crippen LogP contribution in [0.25, 0.3) is 0 Å². The van der Waals surface area contributed by atoms with Crippen molar-refractivity contribution in [2.24, 2.45) is 16.1 Å². The summed E-state index contributed by atoms with van der Waals surface area (Å²) in [4.78, 5) is 9.40. The molecule has 0 aromatic carbocycles. The Morgan fingerprint density at radius 1 is 1.83 bits per heavy atom. The molecule has 0 aliphatic heterocycles. The number of rotatable bonds is 0. The zero-order valence-corrected chi connectivity index (χ0v) is 2.83. The minimum atomic E-state index is -1.00. The summed E-state index contributed by atoms with van der Waals surface area (Å²) in [5.74, 6) is 0. The van der Waals surface area contributed by atoms with Gasteiger partial charge in [0.25, 0.3) is 0 Å². The van der Waals surface area contributed by atoms with Crippen LogP contribution in [0, 0.1) is 0 Å². The molecule has 0 radical (unpaired) electrons. The van der Waals surface area contributed by atoms with Crippen LogP contribution in [0.3, 0.4) is 0 Å². The van der Waals surface area contributed by atoms with Crippen LogP contribution in [0.2, 0.25) is 0 Å². The molecule has 0 unspecified atom stereocenters. The third-order valence-electron chi connectivity index (χ3n) is 0.143. The molecule has 5 nitrogen and oxygen atoms in total. The van der Waals surface area contributed by atoms with Gasteiger partial charge in [-0.05, 0) is 0 Å². The van der Waals surface area contributed by atoms with Gasteiger partial charge in [-0.1, -0.05) is 5.11 Å². The van der Waals surface area contributed by atoms with Crippen LogP contribution in [0.1, 0.15) is 0 Å². The van der Waals surface area contributed by atoms with Gasteiger partial charge in [0.05, 0.1) is 0 Å². The molecule has 0 aromatic heterocycles. The first-order valence-corrected chi connectivity index (χ1v) is 1.12. The van der Waals surface area contributed by atoms with Crippen LogP contribution in [-0.4, -0.2) is 11.2 Å². The molecule has 0 spiro atoms. The first-order valence-electron chi connectivity index (χ1n) is 1.12. The van der Waals surface area contributed by atoms with Crippen LogP contribution < -0.4 is 5.73 Å². The molecule has 0 saturated heterocycles. The van der Waals surface area contributed by atoms with Gasteiger partial charge in [-0.25, -0.2) is 4.79 Å². The van der Waals surface area contributed by atoms with Gasteiger partial charge in [0.2, 0.25) is 0 Å². The van der Waals surface area contributed by atoms with Crippen molar-refractivity contribution in [2.45, 2.75) is 0 Å². The maximum atomic E-state index is 9.40. The highest BCUT2D eigenvalue weighted by molar-refractivity contribution is 5.71. The predicted octanol–water partition coefficient (Wildman–Crippen LogP) is -0.0935. The van der Waals surface area contributed by atoms with E-state index in [-0.39, 0.29) is 0 Å². The van der Waals surface area contributed by atoms with Gasteiger partial charge in [-0.15, -0.1) is 0 Å². The lowest BCUT2D eigenvalue weighted by molar-refractivity contribution is 0.242. The molecule has 6 heavy (non-hydrogen) atoms. The first-order chi connectivity index (χ1) is 2.77. The van der Waals surface area contributed by atoms with E-state index in [1.807, 2.05) is 0 Å². The third-order valence-corrected chi connectivity index (χ3v) is 0.143. The van der Waals surface area contributed by atoms with Gasteiger partial charge in [-0.3, -0.25) is 0 Å². The van der Waals surface area contributed by atoms with E-state index in [0.717, 1.165) is 0 Å². The molecule has 0 heterocycles. The van der Waals surface area contributed by atoms with Gasteiger partial charge in [0.1, 0.15) is 0 Å². The lowest BCUT2D eigenvalue weighted by Crippen LogP contribution is -2.01. The summed E-state index contributed by atoms with van der Waals surface area (Å²) in [5, 5.41) is 11.9. The second kappa shape index (κ2) is 2.13. The van der Waals surface area contributed by atoms with E-state index in [1.165, 1.54) is 0 Å². The lowest BCUT2D eigenvalue weighted by Gasteiger charge is -1.67. The highest BCUT2D eigenvalue weighted by Gasteiger charge is 1.78. The Labute approximate surface area is 33.4 Å². The number of nitrogens with two attached hydrogens (primary N) is 1. The summed E-state index contributed by atoms with van der Waals surface area (Å²) in [6.45, 7) is 0. The molecule has 0 rings (SSSR count). The van der Waals surface area contributed by atoms with E-state index in [0.29, 0.717) is 0 Å². The van der Waals surface area contributed by atoms with Crippen LogP contribution in [-0.2, 0) is 0 Å². The zero-order chi connectivity index (χ0) is 4.99. The molecule has 0 bridgehead atoms. The van der Waals surface area contributed by atoms with Crippen molar-refractivity contribution < 1.29 is 10.0 Å². The molecule has 2 amide bonds. The topological polar surface area (TPSA) is 88.0 Å². The van der Waals surface area contributed by atoms with Crippen molar-refractivity contribution >= 4 is 6.03 Å². The number of hydrogen-bond acceptors (Lipinski definition) is 2. The summed E-state index contributed by atoms with van der Waals surface area (Å²) in [6.07, 6.45) is 0. The molecule has 0 atom stereocenters. The molecule has 0 aliphatic rings. The molecule has 3 N–H and O–H groups in total. The van der Waals surface area contributed by atoms with E-state index in [9.17, 15) is 4.79 Å². The Morgan fingerprint density at radius 2 is 2.33 bits per heavy atom. The Morgan fingerprint density at radius 3 is 2.33 bits per heavy atom. The molecule has 34 valence electrons. The molecule has 0 aliphatic carbocycles. The van der Waals surface area contributed by atoms with Crippen molar-refractivity contribution in [3.05, 3.63) is 0 Å². The molecule has 0 aromatic rings. The lowest BCUT2D eigenvalue weighted by atomic mass is 11.2. The average Bonchev–Trinajstić information content (AvgIpc) is 1.35. The number of carbonyl (C=O) groups is 1. The highest BCUT2D eigenvalue weighted by Crippen LogP contribution is 1.63. The quantitative estimate of drug-likeness (QED) is 0.320. The monoisotopic (exact) mass is 89.0 g/mol.